The van der Waals surface area contributed by atoms with Gasteiger partial charge in [-0.3, -0.25) is 9.78 Å². The summed E-state index contributed by atoms with van der Waals surface area (Å²) >= 11 is 0. The molecule has 1 atom stereocenters. The van der Waals surface area contributed by atoms with Crippen LogP contribution in [0, 0.1) is 6.92 Å². The summed E-state index contributed by atoms with van der Waals surface area (Å²) in [6.45, 7) is 3.30. The first kappa shape index (κ1) is 13.7. The lowest BCUT2D eigenvalue weighted by Crippen LogP contribution is -2.43. The van der Waals surface area contributed by atoms with Gasteiger partial charge in [0.05, 0.1) is 12.8 Å². The number of anilines is 1. The fraction of sp³-hybridized carbons (Fsp3) is 0.375. The number of carbonyl (C=O) groups is 1. The quantitative estimate of drug-likeness (QED) is 0.936. The van der Waals surface area contributed by atoms with Crippen LogP contribution in [0.4, 0.5) is 5.69 Å². The lowest BCUT2D eigenvalue weighted by Gasteiger charge is -2.26. The highest BCUT2D eigenvalue weighted by molar-refractivity contribution is 5.85. The van der Waals surface area contributed by atoms with Gasteiger partial charge in [0.1, 0.15) is 11.8 Å². The summed E-state index contributed by atoms with van der Waals surface area (Å²) in [6, 6.07) is 7.56. The van der Waals surface area contributed by atoms with Gasteiger partial charge in [-0.1, -0.05) is 0 Å². The number of rotatable bonds is 4. The van der Waals surface area contributed by atoms with E-state index < -0.39 is 0 Å². The summed E-state index contributed by atoms with van der Waals surface area (Å²) in [5.74, 6) is 0.825. The molecule has 5 heteroatoms. The van der Waals surface area contributed by atoms with Crippen LogP contribution in [0.15, 0.2) is 41.1 Å². The van der Waals surface area contributed by atoms with Crippen LogP contribution in [0.25, 0.3) is 0 Å². The molecule has 1 fully saturated rings. The molecule has 1 saturated heterocycles. The van der Waals surface area contributed by atoms with Gasteiger partial charge in [0.2, 0.25) is 5.91 Å². The Bertz CT molecular complexity index is 610. The molecule has 1 aliphatic heterocycles. The molecular formula is C16H19N3O2. The molecule has 2 aromatic heterocycles. The zero-order valence-electron chi connectivity index (χ0n) is 12.1. The Kier molecular flexibility index (Phi) is 3.90. The van der Waals surface area contributed by atoms with Gasteiger partial charge in [0.25, 0.3) is 0 Å². The molecule has 2 aromatic rings. The van der Waals surface area contributed by atoms with Gasteiger partial charge in [-0.2, -0.15) is 0 Å². The van der Waals surface area contributed by atoms with Gasteiger partial charge in [-0.15, -0.1) is 0 Å². The standard InChI is InChI=1S/C16H19N3O2/c1-12-10-13(6-7-17-12)19-8-2-5-15(19)16(20)18-11-14-4-3-9-21-14/h3-4,6-7,9-10,15H,2,5,8,11H2,1H3,(H,18,20). The summed E-state index contributed by atoms with van der Waals surface area (Å²) in [5.41, 5.74) is 2.03. The number of aromatic nitrogens is 1. The van der Waals surface area contributed by atoms with E-state index in [1.54, 1.807) is 12.5 Å². The molecule has 3 rings (SSSR count). The number of aryl methyl sites for hydroxylation is 1. The predicted octanol–water partition coefficient (Wildman–Crippen LogP) is 2.27. The Balaban J connectivity index is 1.67. The summed E-state index contributed by atoms with van der Waals surface area (Å²) in [6.07, 6.45) is 5.31. The molecule has 1 unspecified atom stereocenters. The molecular weight excluding hydrogens is 266 g/mol. The van der Waals surface area contributed by atoms with E-state index in [1.807, 2.05) is 31.2 Å². The van der Waals surface area contributed by atoms with Crippen LogP contribution in [-0.4, -0.2) is 23.5 Å². The second kappa shape index (κ2) is 5.99. The Morgan fingerprint density at radius 2 is 2.43 bits per heavy atom. The second-order valence-corrected chi connectivity index (χ2v) is 5.30. The van der Waals surface area contributed by atoms with Crippen LogP contribution >= 0.6 is 0 Å². The van der Waals surface area contributed by atoms with Crippen molar-refractivity contribution in [2.24, 2.45) is 0 Å². The maximum atomic E-state index is 12.4. The van der Waals surface area contributed by atoms with Crippen molar-refractivity contribution in [3.63, 3.8) is 0 Å². The van der Waals surface area contributed by atoms with E-state index in [-0.39, 0.29) is 11.9 Å². The number of nitrogens with zero attached hydrogens (tertiary/aromatic N) is 2. The SMILES string of the molecule is Cc1cc(N2CCCC2C(=O)NCc2ccco2)ccn1. The normalized spacial score (nSPS) is 18.0. The number of hydrogen-bond acceptors (Lipinski definition) is 4. The molecule has 110 valence electrons. The van der Waals surface area contributed by atoms with Crippen molar-refractivity contribution in [1.82, 2.24) is 10.3 Å². The highest BCUT2D eigenvalue weighted by atomic mass is 16.3. The van der Waals surface area contributed by atoms with E-state index in [9.17, 15) is 4.79 Å². The van der Waals surface area contributed by atoms with E-state index in [2.05, 4.69) is 15.2 Å². The van der Waals surface area contributed by atoms with Crippen LogP contribution in [0.5, 0.6) is 0 Å². The van der Waals surface area contributed by atoms with Crippen molar-refractivity contribution in [2.75, 3.05) is 11.4 Å². The highest BCUT2D eigenvalue weighted by Crippen LogP contribution is 2.25. The zero-order valence-corrected chi connectivity index (χ0v) is 12.1. The lowest BCUT2D eigenvalue weighted by molar-refractivity contribution is -0.122. The van der Waals surface area contributed by atoms with E-state index >= 15 is 0 Å². The van der Waals surface area contributed by atoms with E-state index in [1.165, 1.54) is 0 Å². The van der Waals surface area contributed by atoms with Crippen molar-refractivity contribution in [3.8, 4) is 0 Å². The highest BCUT2D eigenvalue weighted by Gasteiger charge is 2.30. The molecule has 0 aromatic carbocycles. The van der Waals surface area contributed by atoms with Crippen LogP contribution in [-0.2, 0) is 11.3 Å². The first-order chi connectivity index (χ1) is 10.2. The second-order valence-electron chi connectivity index (χ2n) is 5.30. The third kappa shape index (κ3) is 3.07. The van der Waals surface area contributed by atoms with Crippen molar-refractivity contribution in [1.29, 1.82) is 0 Å². The average molecular weight is 285 g/mol. The largest absolute Gasteiger partial charge is 0.467 e. The summed E-state index contributed by atoms with van der Waals surface area (Å²) in [5, 5.41) is 2.95. The predicted molar refractivity (Wildman–Crippen MR) is 79.9 cm³/mol. The van der Waals surface area contributed by atoms with Gasteiger partial charge in [-0.25, -0.2) is 0 Å². The molecule has 1 N–H and O–H groups in total. The molecule has 1 aliphatic rings. The summed E-state index contributed by atoms with van der Waals surface area (Å²) < 4.78 is 5.24. The molecule has 1 amide bonds. The molecule has 3 heterocycles. The van der Waals surface area contributed by atoms with Crippen LogP contribution in [0.3, 0.4) is 0 Å². The van der Waals surface area contributed by atoms with Crippen molar-refractivity contribution < 1.29 is 9.21 Å². The smallest absolute Gasteiger partial charge is 0.243 e. The molecule has 0 spiro atoms. The van der Waals surface area contributed by atoms with Gasteiger partial charge in [0.15, 0.2) is 0 Å². The number of hydrogen-bond donors (Lipinski definition) is 1. The van der Waals surface area contributed by atoms with Gasteiger partial charge >= 0.3 is 0 Å². The van der Waals surface area contributed by atoms with Gasteiger partial charge in [-0.05, 0) is 44.0 Å². The molecule has 0 radical (unpaired) electrons. The van der Waals surface area contributed by atoms with Gasteiger partial charge < -0.3 is 14.6 Å². The number of pyridine rings is 1. The number of carbonyl (C=O) groups excluding carboxylic acids is 1. The maximum absolute atomic E-state index is 12.4. The number of furan rings is 1. The average Bonchev–Trinajstić information content (AvgIpc) is 3.16. The Morgan fingerprint density at radius 1 is 1.52 bits per heavy atom. The van der Waals surface area contributed by atoms with Crippen LogP contribution in [0.1, 0.15) is 24.3 Å². The maximum Gasteiger partial charge on any atom is 0.243 e. The van der Waals surface area contributed by atoms with E-state index in [0.29, 0.717) is 6.54 Å². The van der Waals surface area contributed by atoms with Crippen LogP contribution < -0.4 is 10.2 Å². The number of amides is 1. The third-order valence-corrected chi connectivity index (χ3v) is 3.78. The van der Waals surface area contributed by atoms with Crippen molar-refractivity contribution in [3.05, 3.63) is 48.2 Å². The Labute approximate surface area is 124 Å². The minimum atomic E-state index is -0.109. The lowest BCUT2D eigenvalue weighted by atomic mass is 10.2. The molecule has 0 saturated carbocycles. The zero-order chi connectivity index (χ0) is 14.7. The first-order valence-corrected chi connectivity index (χ1v) is 7.23. The van der Waals surface area contributed by atoms with Crippen molar-refractivity contribution >= 4 is 11.6 Å². The first-order valence-electron chi connectivity index (χ1n) is 7.23. The Hall–Kier alpha value is -2.30. The fourth-order valence-electron chi connectivity index (χ4n) is 2.76. The number of nitrogens with one attached hydrogen (secondary N) is 1. The van der Waals surface area contributed by atoms with Crippen LogP contribution in [0.2, 0.25) is 0 Å². The molecule has 0 bridgehead atoms. The van der Waals surface area contributed by atoms with Gasteiger partial charge in [0, 0.05) is 24.1 Å². The minimum Gasteiger partial charge on any atom is -0.467 e. The van der Waals surface area contributed by atoms with E-state index in [0.717, 1.165) is 36.5 Å². The fourth-order valence-corrected chi connectivity index (χ4v) is 2.76. The minimum absolute atomic E-state index is 0.0540. The van der Waals surface area contributed by atoms with E-state index in [4.69, 9.17) is 4.42 Å². The molecule has 0 aliphatic carbocycles. The Morgan fingerprint density at radius 3 is 3.19 bits per heavy atom. The summed E-state index contributed by atoms with van der Waals surface area (Å²) in [4.78, 5) is 18.8. The molecule has 21 heavy (non-hydrogen) atoms. The van der Waals surface area contributed by atoms with Crippen molar-refractivity contribution in [2.45, 2.75) is 32.4 Å². The monoisotopic (exact) mass is 285 g/mol. The topological polar surface area (TPSA) is 58.4 Å². The summed E-state index contributed by atoms with van der Waals surface area (Å²) in [7, 11) is 0. The molecule has 5 nitrogen and oxygen atoms in total. The third-order valence-electron chi connectivity index (χ3n) is 3.78.